The van der Waals surface area contributed by atoms with E-state index >= 15 is 0 Å². The molecule has 0 bridgehead atoms. The Morgan fingerprint density at radius 3 is 2.19 bits per heavy atom. The highest BCUT2D eigenvalue weighted by atomic mass is 35.5. The average molecular weight is 440 g/mol. The molecule has 1 fully saturated rings. The van der Waals surface area contributed by atoms with Crippen LogP contribution in [0.5, 0.6) is 0 Å². The Bertz CT molecular complexity index is 1040. The highest BCUT2D eigenvalue weighted by Gasteiger charge is 2.43. The maximum absolute atomic E-state index is 13.6. The smallest absolute Gasteiger partial charge is 0.282 e. The number of hydrogen-bond acceptors (Lipinski definition) is 5. The lowest BCUT2D eigenvalue weighted by Crippen LogP contribution is -2.48. The van der Waals surface area contributed by atoms with Gasteiger partial charge in [-0.15, -0.1) is 0 Å². The molecule has 0 radical (unpaired) electrons. The fraction of sp³-hybridized carbons (Fsp3) is 0.333. The quantitative estimate of drug-likeness (QED) is 0.726. The molecule has 7 heteroatoms. The van der Waals surface area contributed by atoms with E-state index in [-0.39, 0.29) is 18.4 Å². The van der Waals surface area contributed by atoms with Gasteiger partial charge in [-0.1, -0.05) is 29.8 Å². The number of aliphatic hydroxyl groups is 1. The molecule has 2 aliphatic rings. The number of β-amino-alcohol motifs (C(OH)–C–C–N with tert-alkyl or cyclic N) is 1. The van der Waals surface area contributed by atoms with Crippen molar-refractivity contribution >= 4 is 34.7 Å². The van der Waals surface area contributed by atoms with Crippen LogP contribution in [0.3, 0.4) is 0 Å². The number of imide groups is 1. The Labute approximate surface area is 187 Å². The SMILES string of the molecule is Cc1ccc(C2=C(N3CCN(CCO)CC3)C(=O)N(c3ccc(Cl)cc3)C2=O)cc1C. The van der Waals surface area contributed by atoms with E-state index in [2.05, 4.69) is 4.90 Å². The van der Waals surface area contributed by atoms with Crippen molar-refractivity contribution in [3.05, 3.63) is 69.9 Å². The molecule has 162 valence electrons. The van der Waals surface area contributed by atoms with Crippen molar-refractivity contribution in [1.29, 1.82) is 0 Å². The minimum absolute atomic E-state index is 0.109. The van der Waals surface area contributed by atoms with Crippen molar-refractivity contribution in [1.82, 2.24) is 9.80 Å². The largest absolute Gasteiger partial charge is 0.395 e. The van der Waals surface area contributed by atoms with Gasteiger partial charge in [-0.2, -0.15) is 0 Å². The van der Waals surface area contributed by atoms with Gasteiger partial charge in [0.25, 0.3) is 11.8 Å². The first kappa shape index (κ1) is 21.6. The van der Waals surface area contributed by atoms with Gasteiger partial charge in [0.05, 0.1) is 17.9 Å². The average Bonchev–Trinajstić information content (AvgIpc) is 3.02. The maximum Gasteiger partial charge on any atom is 0.282 e. The third kappa shape index (κ3) is 4.11. The molecule has 2 amide bonds. The van der Waals surface area contributed by atoms with E-state index in [1.54, 1.807) is 24.3 Å². The van der Waals surface area contributed by atoms with Gasteiger partial charge in [0.1, 0.15) is 5.70 Å². The number of carbonyl (C=O) groups excluding carboxylic acids is 2. The Hall–Kier alpha value is -2.67. The molecule has 0 aromatic heterocycles. The van der Waals surface area contributed by atoms with Gasteiger partial charge in [0.2, 0.25) is 0 Å². The fourth-order valence-electron chi connectivity index (χ4n) is 4.13. The van der Waals surface area contributed by atoms with Gasteiger partial charge < -0.3 is 10.0 Å². The van der Waals surface area contributed by atoms with E-state index in [0.29, 0.717) is 41.6 Å². The molecule has 2 heterocycles. The number of anilines is 1. The van der Waals surface area contributed by atoms with Crippen molar-refractivity contribution in [2.45, 2.75) is 13.8 Å². The number of aliphatic hydroxyl groups excluding tert-OH is 1. The zero-order valence-corrected chi connectivity index (χ0v) is 18.5. The standard InChI is InChI=1S/C24H26ClN3O3/c1-16-3-4-18(15-17(16)2)21-22(27-11-9-26(10-12-27)13-14-29)24(31)28(23(21)30)20-7-5-19(25)6-8-20/h3-8,15,29H,9-14H2,1-2H3. The first-order chi connectivity index (χ1) is 14.9. The van der Waals surface area contributed by atoms with E-state index in [9.17, 15) is 14.7 Å². The van der Waals surface area contributed by atoms with Crippen LogP contribution in [-0.4, -0.2) is 66.1 Å². The van der Waals surface area contributed by atoms with Gasteiger partial charge in [-0.25, -0.2) is 4.90 Å². The number of carbonyl (C=O) groups is 2. The topological polar surface area (TPSA) is 64.1 Å². The second-order valence-corrected chi connectivity index (χ2v) is 8.43. The monoisotopic (exact) mass is 439 g/mol. The van der Waals surface area contributed by atoms with E-state index < -0.39 is 0 Å². The van der Waals surface area contributed by atoms with Crippen LogP contribution < -0.4 is 4.90 Å². The van der Waals surface area contributed by atoms with Gasteiger partial charge in [0, 0.05) is 37.7 Å². The zero-order valence-electron chi connectivity index (χ0n) is 17.8. The van der Waals surface area contributed by atoms with Crippen LogP contribution in [0.4, 0.5) is 5.69 Å². The Kier molecular flexibility index (Phi) is 6.14. The summed E-state index contributed by atoms with van der Waals surface area (Å²) in [4.78, 5) is 32.5. The first-order valence-corrected chi connectivity index (χ1v) is 10.8. The summed E-state index contributed by atoms with van der Waals surface area (Å²) in [5.41, 5.74) is 4.36. The summed E-state index contributed by atoms with van der Waals surface area (Å²) in [6.07, 6.45) is 0. The molecule has 0 saturated carbocycles. The zero-order chi connectivity index (χ0) is 22.1. The molecule has 6 nitrogen and oxygen atoms in total. The molecule has 1 saturated heterocycles. The number of nitrogens with zero attached hydrogens (tertiary/aromatic N) is 3. The normalized spacial score (nSPS) is 17.8. The van der Waals surface area contributed by atoms with E-state index in [1.807, 2.05) is 36.9 Å². The van der Waals surface area contributed by atoms with Gasteiger partial charge in [-0.3, -0.25) is 14.5 Å². The summed E-state index contributed by atoms with van der Waals surface area (Å²) in [7, 11) is 0. The molecule has 4 rings (SSSR count). The van der Waals surface area contributed by atoms with Crippen LogP contribution in [0.15, 0.2) is 48.2 Å². The number of hydrogen-bond donors (Lipinski definition) is 1. The summed E-state index contributed by atoms with van der Waals surface area (Å²) >= 11 is 6.01. The van der Waals surface area contributed by atoms with Crippen molar-refractivity contribution < 1.29 is 14.7 Å². The summed E-state index contributed by atoms with van der Waals surface area (Å²) in [6.45, 7) is 7.45. The lowest BCUT2D eigenvalue weighted by molar-refractivity contribution is -0.120. The maximum atomic E-state index is 13.6. The van der Waals surface area contributed by atoms with Crippen molar-refractivity contribution in [3.8, 4) is 0 Å². The van der Waals surface area contributed by atoms with Crippen LogP contribution in [0, 0.1) is 13.8 Å². The summed E-state index contributed by atoms with van der Waals surface area (Å²) < 4.78 is 0. The number of amides is 2. The second kappa shape index (κ2) is 8.83. The van der Waals surface area contributed by atoms with Gasteiger partial charge in [0.15, 0.2) is 0 Å². The minimum atomic E-state index is -0.316. The van der Waals surface area contributed by atoms with Crippen molar-refractivity contribution in [2.24, 2.45) is 0 Å². The molecule has 1 N–H and O–H groups in total. The molecular weight excluding hydrogens is 414 g/mol. The lowest BCUT2D eigenvalue weighted by Gasteiger charge is -2.36. The van der Waals surface area contributed by atoms with Crippen molar-refractivity contribution in [3.63, 3.8) is 0 Å². The third-order valence-electron chi connectivity index (χ3n) is 6.04. The highest BCUT2D eigenvalue weighted by molar-refractivity contribution is 6.45. The van der Waals surface area contributed by atoms with Crippen LogP contribution >= 0.6 is 11.6 Å². The first-order valence-electron chi connectivity index (χ1n) is 10.4. The fourth-order valence-corrected chi connectivity index (χ4v) is 4.26. The van der Waals surface area contributed by atoms with E-state index in [4.69, 9.17) is 11.6 Å². The predicted molar refractivity (Wildman–Crippen MR) is 122 cm³/mol. The molecule has 0 spiro atoms. The van der Waals surface area contributed by atoms with Crippen LogP contribution in [-0.2, 0) is 9.59 Å². The predicted octanol–water partition coefficient (Wildman–Crippen LogP) is 2.85. The summed E-state index contributed by atoms with van der Waals surface area (Å²) in [5, 5.41) is 9.76. The lowest BCUT2D eigenvalue weighted by atomic mass is 9.99. The number of halogens is 1. The van der Waals surface area contributed by atoms with Gasteiger partial charge in [-0.05, 0) is 54.8 Å². The molecule has 2 aromatic carbocycles. The third-order valence-corrected chi connectivity index (χ3v) is 6.30. The molecular formula is C24H26ClN3O3. The summed E-state index contributed by atoms with van der Waals surface area (Å²) in [6, 6.07) is 12.6. The number of rotatable bonds is 5. The summed E-state index contributed by atoms with van der Waals surface area (Å²) in [5.74, 6) is -0.625. The number of piperazine rings is 1. The molecule has 31 heavy (non-hydrogen) atoms. The minimum Gasteiger partial charge on any atom is -0.395 e. The Morgan fingerprint density at radius 1 is 0.903 bits per heavy atom. The Balaban J connectivity index is 1.76. The van der Waals surface area contributed by atoms with Crippen LogP contribution in [0.2, 0.25) is 5.02 Å². The van der Waals surface area contributed by atoms with Crippen LogP contribution in [0.1, 0.15) is 16.7 Å². The molecule has 0 atom stereocenters. The highest BCUT2D eigenvalue weighted by Crippen LogP contribution is 2.36. The van der Waals surface area contributed by atoms with Crippen LogP contribution in [0.25, 0.3) is 5.57 Å². The molecule has 2 aliphatic heterocycles. The molecule has 2 aromatic rings. The molecule has 0 unspecified atom stereocenters. The number of benzene rings is 2. The van der Waals surface area contributed by atoms with Crippen molar-refractivity contribution in [2.75, 3.05) is 44.2 Å². The molecule has 0 aliphatic carbocycles. The Morgan fingerprint density at radius 2 is 1.58 bits per heavy atom. The van der Waals surface area contributed by atoms with E-state index in [1.165, 1.54) is 4.90 Å². The number of aryl methyl sites for hydroxylation is 2. The second-order valence-electron chi connectivity index (χ2n) is 8.00. The van der Waals surface area contributed by atoms with Gasteiger partial charge >= 0.3 is 0 Å². The van der Waals surface area contributed by atoms with E-state index in [0.717, 1.165) is 29.8 Å².